The van der Waals surface area contributed by atoms with E-state index >= 15 is 0 Å². The highest BCUT2D eigenvalue weighted by Gasteiger charge is 2.33. The van der Waals surface area contributed by atoms with Gasteiger partial charge in [-0.25, -0.2) is 0 Å². The van der Waals surface area contributed by atoms with Gasteiger partial charge in [0.15, 0.2) is 0 Å². The van der Waals surface area contributed by atoms with Crippen molar-refractivity contribution in [2.75, 3.05) is 13.1 Å². The number of aliphatic carboxylic acids is 1. The zero-order chi connectivity index (χ0) is 13.0. The van der Waals surface area contributed by atoms with Gasteiger partial charge in [-0.15, -0.1) is 0 Å². The molecule has 1 heterocycles. The van der Waals surface area contributed by atoms with Crippen LogP contribution in [0, 0.1) is 11.8 Å². The Morgan fingerprint density at radius 2 is 1.50 bits per heavy atom. The first-order valence-electron chi connectivity index (χ1n) is 7.20. The molecule has 1 saturated carbocycles. The molecule has 18 heavy (non-hydrogen) atoms. The summed E-state index contributed by atoms with van der Waals surface area (Å²) in [6.07, 6.45) is 7.66. The van der Waals surface area contributed by atoms with E-state index in [0.717, 1.165) is 45.2 Å². The van der Waals surface area contributed by atoms with Gasteiger partial charge in [0.2, 0.25) is 5.91 Å². The summed E-state index contributed by atoms with van der Waals surface area (Å²) >= 11 is 0. The van der Waals surface area contributed by atoms with Crippen molar-refractivity contribution in [1.29, 1.82) is 0 Å². The molecule has 0 aromatic heterocycles. The fraction of sp³-hybridized carbons (Fsp3) is 0.857. The third-order valence-electron chi connectivity index (χ3n) is 4.29. The minimum absolute atomic E-state index is 0.0436. The molecule has 4 nitrogen and oxygen atoms in total. The molecule has 2 rings (SSSR count). The lowest BCUT2D eigenvalue weighted by Gasteiger charge is -2.30. The van der Waals surface area contributed by atoms with Gasteiger partial charge in [0.25, 0.3) is 0 Å². The van der Waals surface area contributed by atoms with E-state index in [0.29, 0.717) is 6.42 Å². The SMILES string of the molecule is O=C(O)C1CCCC(C(=O)N2CCCCCC2)C1. The van der Waals surface area contributed by atoms with Crippen LogP contribution in [-0.4, -0.2) is 35.0 Å². The molecule has 0 radical (unpaired) electrons. The lowest BCUT2D eigenvalue weighted by atomic mass is 9.80. The number of carboxylic acid groups (broad SMARTS) is 1. The molecule has 2 aliphatic rings. The fourth-order valence-corrected chi connectivity index (χ4v) is 3.19. The van der Waals surface area contributed by atoms with Gasteiger partial charge in [0.05, 0.1) is 5.92 Å². The molecule has 0 bridgehead atoms. The van der Waals surface area contributed by atoms with Crippen LogP contribution in [-0.2, 0) is 9.59 Å². The van der Waals surface area contributed by atoms with Gasteiger partial charge >= 0.3 is 5.97 Å². The van der Waals surface area contributed by atoms with Gasteiger partial charge in [-0.2, -0.15) is 0 Å². The highest BCUT2D eigenvalue weighted by Crippen LogP contribution is 2.31. The van der Waals surface area contributed by atoms with Crippen molar-refractivity contribution in [1.82, 2.24) is 4.90 Å². The molecule has 1 amide bonds. The number of likely N-dealkylation sites (tertiary alicyclic amines) is 1. The van der Waals surface area contributed by atoms with Crippen LogP contribution >= 0.6 is 0 Å². The maximum atomic E-state index is 12.4. The van der Waals surface area contributed by atoms with E-state index in [1.165, 1.54) is 12.8 Å². The Balaban J connectivity index is 1.92. The first kappa shape index (κ1) is 13.4. The molecule has 2 atom stereocenters. The quantitative estimate of drug-likeness (QED) is 0.821. The Kier molecular flexibility index (Phi) is 4.61. The second-order valence-electron chi connectivity index (χ2n) is 5.64. The zero-order valence-corrected chi connectivity index (χ0v) is 10.9. The summed E-state index contributed by atoms with van der Waals surface area (Å²) < 4.78 is 0. The average molecular weight is 253 g/mol. The second kappa shape index (κ2) is 6.21. The molecule has 1 aliphatic heterocycles. The van der Waals surface area contributed by atoms with E-state index in [-0.39, 0.29) is 17.7 Å². The average Bonchev–Trinajstić information content (AvgIpc) is 2.67. The van der Waals surface area contributed by atoms with Crippen LogP contribution in [0.3, 0.4) is 0 Å². The normalized spacial score (nSPS) is 29.7. The van der Waals surface area contributed by atoms with Gasteiger partial charge in [-0.3, -0.25) is 9.59 Å². The summed E-state index contributed by atoms with van der Waals surface area (Å²) in [5.41, 5.74) is 0. The first-order valence-corrected chi connectivity index (χ1v) is 7.20. The number of hydrogen-bond donors (Lipinski definition) is 1. The Morgan fingerprint density at radius 1 is 0.889 bits per heavy atom. The Hall–Kier alpha value is -1.06. The second-order valence-corrected chi connectivity index (χ2v) is 5.64. The van der Waals surface area contributed by atoms with Crippen molar-refractivity contribution in [3.05, 3.63) is 0 Å². The van der Waals surface area contributed by atoms with Crippen molar-refractivity contribution in [2.45, 2.75) is 51.4 Å². The van der Waals surface area contributed by atoms with E-state index in [1.54, 1.807) is 0 Å². The van der Waals surface area contributed by atoms with Crippen LogP contribution in [0.15, 0.2) is 0 Å². The monoisotopic (exact) mass is 253 g/mol. The molecule has 2 fully saturated rings. The van der Waals surface area contributed by atoms with Crippen LogP contribution in [0.1, 0.15) is 51.4 Å². The summed E-state index contributed by atoms with van der Waals surface area (Å²) in [6.45, 7) is 1.74. The topological polar surface area (TPSA) is 57.6 Å². The molecule has 1 N–H and O–H groups in total. The minimum Gasteiger partial charge on any atom is -0.481 e. The summed E-state index contributed by atoms with van der Waals surface area (Å²) in [7, 11) is 0. The largest absolute Gasteiger partial charge is 0.481 e. The predicted octanol–water partition coefficient (Wildman–Crippen LogP) is 2.28. The maximum absolute atomic E-state index is 12.4. The molecule has 1 saturated heterocycles. The smallest absolute Gasteiger partial charge is 0.306 e. The Bertz CT molecular complexity index is 308. The van der Waals surface area contributed by atoms with Crippen molar-refractivity contribution in [3.8, 4) is 0 Å². The van der Waals surface area contributed by atoms with E-state index in [4.69, 9.17) is 5.11 Å². The lowest BCUT2D eigenvalue weighted by molar-refractivity contribution is -0.145. The summed E-state index contributed by atoms with van der Waals surface area (Å²) in [5, 5.41) is 9.07. The van der Waals surface area contributed by atoms with Crippen molar-refractivity contribution < 1.29 is 14.7 Å². The number of amides is 1. The number of rotatable bonds is 2. The highest BCUT2D eigenvalue weighted by molar-refractivity contribution is 5.80. The van der Waals surface area contributed by atoms with Gasteiger partial charge in [0, 0.05) is 19.0 Å². The molecule has 1 aliphatic carbocycles. The third-order valence-corrected chi connectivity index (χ3v) is 4.29. The van der Waals surface area contributed by atoms with Crippen LogP contribution in [0.25, 0.3) is 0 Å². The highest BCUT2D eigenvalue weighted by atomic mass is 16.4. The van der Waals surface area contributed by atoms with Crippen molar-refractivity contribution in [2.24, 2.45) is 11.8 Å². The van der Waals surface area contributed by atoms with Gasteiger partial charge in [0.1, 0.15) is 0 Å². The van der Waals surface area contributed by atoms with Gasteiger partial charge in [-0.05, 0) is 32.1 Å². The lowest BCUT2D eigenvalue weighted by Crippen LogP contribution is -2.39. The number of nitrogens with zero attached hydrogens (tertiary/aromatic N) is 1. The fourth-order valence-electron chi connectivity index (χ4n) is 3.19. The Morgan fingerprint density at radius 3 is 2.11 bits per heavy atom. The minimum atomic E-state index is -0.733. The molecule has 0 aromatic carbocycles. The van der Waals surface area contributed by atoms with E-state index < -0.39 is 5.97 Å². The predicted molar refractivity (Wildman–Crippen MR) is 68.1 cm³/mol. The van der Waals surface area contributed by atoms with E-state index in [9.17, 15) is 9.59 Å². The standard InChI is InChI=1S/C14H23NO3/c16-13(15-8-3-1-2-4-9-15)11-6-5-7-12(10-11)14(17)18/h11-12H,1-10H2,(H,17,18). The summed E-state index contributed by atoms with van der Waals surface area (Å²) in [4.78, 5) is 25.4. The third kappa shape index (κ3) is 3.24. The molecule has 0 aromatic rings. The molecule has 0 spiro atoms. The summed E-state index contributed by atoms with van der Waals surface area (Å²) in [5.74, 6) is -0.871. The maximum Gasteiger partial charge on any atom is 0.306 e. The molecule has 102 valence electrons. The molecular weight excluding hydrogens is 230 g/mol. The molecule has 4 heteroatoms. The molecule has 2 unspecified atom stereocenters. The number of carboxylic acids is 1. The van der Waals surface area contributed by atoms with Gasteiger partial charge < -0.3 is 10.0 Å². The van der Waals surface area contributed by atoms with Crippen LogP contribution in [0.2, 0.25) is 0 Å². The Labute approximate surface area is 108 Å². The van der Waals surface area contributed by atoms with Crippen LogP contribution < -0.4 is 0 Å². The van der Waals surface area contributed by atoms with E-state index in [2.05, 4.69) is 0 Å². The first-order chi connectivity index (χ1) is 8.68. The van der Waals surface area contributed by atoms with Crippen LogP contribution in [0.5, 0.6) is 0 Å². The van der Waals surface area contributed by atoms with Gasteiger partial charge in [-0.1, -0.05) is 19.3 Å². The van der Waals surface area contributed by atoms with Crippen molar-refractivity contribution in [3.63, 3.8) is 0 Å². The van der Waals surface area contributed by atoms with Crippen LogP contribution in [0.4, 0.5) is 0 Å². The zero-order valence-electron chi connectivity index (χ0n) is 10.9. The molecular formula is C14H23NO3. The van der Waals surface area contributed by atoms with Crippen molar-refractivity contribution >= 4 is 11.9 Å². The van der Waals surface area contributed by atoms with E-state index in [1.807, 2.05) is 4.90 Å². The summed E-state index contributed by atoms with van der Waals surface area (Å²) in [6, 6.07) is 0. The number of carbonyl (C=O) groups is 2. The number of carbonyl (C=O) groups excluding carboxylic acids is 1. The number of hydrogen-bond acceptors (Lipinski definition) is 2.